The van der Waals surface area contributed by atoms with Crippen molar-refractivity contribution < 1.29 is 4.79 Å². The standard InChI is InChI=1S/C19H20N4OS/c1-12(2)15-11-16(23(22-15)13-7-4-3-5-8-13)18(24)21-19-20-14-9-6-10-17(14)25-19/h3-5,7-8,11-12H,6,9-10H2,1-2H3,(H,20,21,24). The molecule has 3 aromatic rings. The van der Waals surface area contributed by atoms with Gasteiger partial charge in [0.15, 0.2) is 5.13 Å². The van der Waals surface area contributed by atoms with E-state index in [0.29, 0.717) is 10.8 Å². The number of aromatic nitrogens is 3. The first kappa shape index (κ1) is 16.0. The largest absolute Gasteiger partial charge is 0.296 e. The van der Waals surface area contributed by atoms with Crippen LogP contribution in [-0.2, 0) is 12.8 Å². The highest BCUT2D eigenvalue weighted by molar-refractivity contribution is 7.15. The summed E-state index contributed by atoms with van der Waals surface area (Å²) in [5, 5.41) is 8.27. The van der Waals surface area contributed by atoms with Gasteiger partial charge in [-0.3, -0.25) is 10.1 Å². The third-order valence-electron chi connectivity index (χ3n) is 4.37. The second kappa shape index (κ2) is 6.44. The Morgan fingerprint density at radius 3 is 2.76 bits per heavy atom. The number of nitrogens with one attached hydrogen (secondary N) is 1. The number of carbonyl (C=O) groups is 1. The van der Waals surface area contributed by atoms with Gasteiger partial charge in [0.2, 0.25) is 0 Å². The molecule has 5 nitrogen and oxygen atoms in total. The number of hydrogen-bond acceptors (Lipinski definition) is 4. The molecule has 0 atom stereocenters. The van der Waals surface area contributed by atoms with Crippen LogP contribution in [0.4, 0.5) is 5.13 Å². The van der Waals surface area contributed by atoms with E-state index in [4.69, 9.17) is 0 Å². The van der Waals surface area contributed by atoms with E-state index in [2.05, 4.69) is 29.2 Å². The summed E-state index contributed by atoms with van der Waals surface area (Å²) in [6.07, 6.45) is 3.25. The fraction of sp³-hybridized carbons (Fsp3) is 0.316. The number of carbonyl (C=O) groups excluding carboxylic acids is 1. The molecule has 2 heterocycles. The zero-order valence-electron chi connectivity index (χ0n) is 14.3. The summed E-state index contributed by atoms with van der Waals surface area (Å²) in [4.78, 5) is 18.7. The molecule has 0 saturated heterocycles. The fourth-order valence-electron chi connectivity index (χ4n) is 3.01. The van der Waals surface area contributed by atoms with Crippen LogP contribution in [0.2, 0.25) is 0 Å². The first-order valence-corrected chi connectivity index (χ1v) is 9.39. The maximum atomic E-state index is 12.9. The van der Waals surface area contributed by atoms with E-state index in [-0.39, 0.29) is 11.8 Å². The normalized spacial score (nSPS) is 13.2. The van der Waals surface area contributed by atoms with Crippen LogP contribution < -0.4 is 5.32 Å². The Bertz CT molecular complexity index is 889. The van der Waals surface area contributed by atoms with Crippen LogP contribution in [0.3, 0.4) is 0 Å². The molecule has 0 radical (unpaired) electrons. The molecular weight excluding hydrogens is 332 g/mol. The number of anilines is 1. The van der Waals surface area contributed by atoms with Crippen LogP contribution >= 0.6 is 11.3 Å². The van der Waals surface area contributed by atoms with E-state index in [1.807, 2.05) is 36.4 Å². The minimum Gasteiger partial charge on any atom is -0.296 e. The van der Waals surface area contributed by atoms with Crippen molar-refractivity contribution in [3.05, 3.63) is 58.4 Å². The molecule has 0 unspecified atom stereocenters. The van der Waals surface area contributed by atoms with E-state index in [1.165, 1.54) is 11.3 Å². The molecule has 1 N–H and O–H groups in total. The highest BCUT2D eigenvalue weighted by atomic mass is 32.1. The molecule has 0 aliphatic heterocycles. The predicted octanol–water partition coefficient (Wildman–Crippen LogP) is 4.19. The van der Waals surface area contributed by atoms with Crippen molar-refractivity contribution in [3.63, 3.8) is 0 Å². The number of amides is 1. The van der Waals surface area contributed by atoms with Crippen LogP contribution in [0.25, 0.3) is 5.69 Å². The summed E-state index contributed by atoms with van der Waals surface area (Å²) >= 11 is 1.59. The van der Waals surface area contributed by atoms with E-state index < -0.39 is 0 Å². The van der Waals surface area contributed by atoms with Gasteiger partial charge in [0.05, 0.1) is 17.1 Å². The summed E-state index contributed by atoms with van der Waals surface area (Å²) in [6, 6.07) is 11.6. The second-order valence-electron chi connectivity index (χ2n) is 6.55. The van der Waals surface area contributed by atoms with Gasteiger partial charge in [-0.05, 0) is 43.4 Å². The Hall–Kier alpha value is -2.47. The summed E-state index contributed by atoms with van der Waals surface area (Å²) in [6.45, 7) is 4.15. The molecule has 25 heavy (non-hydrogen) atoms. The first-order chi connectivity index (χ1) is 12.1. The van der Waals surface area contributed by atoms with Crippen molar-refractivity contribution in [1.29, 1.82) is 0 Å². The molecule has 2 aromatic heterocycles. The third-order valence-corrected chi connectivity index (χ3v) is 5.44. The number of nitrogens with zero attached hydrogens (tertiary/aromatic N) is 3. The first-order valence-electron chi connectivity index (χ1n) is 8.57. The van der Waals surface area contributed by atoms with E-state index >= 15 is 0 Å². The average Bonchev–Trinajstić information content (AvgIpc) is 3.29. The van der Waals surface area contributed by atoms with Crippen LogP contribution in [0, 0.1) is 0 Å². The lowest BCUT2D eigenvalue weighted by Gasteiger charge is -2.07. The lowest BCUT2D eigenvalue weighted by atomic mass is 10.1. The van der Waals surface area contributed by atoms with Crippen LogP contribution in [0.15, 0.2) is 36.4 Å². The molecule has 4 rings (SSSR count). The molecule has 1 amide bonds. The number of fused-ring (bicyclic) bond motifs is 1. The summed E-state index contributed by atoms with van der Waals surface area (Å²) in [7, 11) is 0. The van der Waals surface area contributed by atoms with Crippen molar-refractivity contribution in [2.45, 2.75) is 39.0 Å². The minimum absolute atomic E-state index is 0.171. The quantitative estimate of drug-likeness (QED) is 0.766. The van der Waals surface area contributed by atoms with Crippen molar-refractivity contribution in [3.8, 4) is 5.69 Å². The van der Waals surface area contributed by atoms with Gasteiger partial charge >= 0.3 is 0 Å². The molecule has 1 aromatic carbocycles. The molecule has 0 saturated carbocycles. The molecule has 1 aliphatic rings. The number of rotatable bonds is 4. The van der Waals surface area contributed by atoms with Gasteiger partial charge in [-0.25, -0.2) is 9.67 Å². The highest BCUT2D eigenvalue weighted by Crippen LogP contribution is 2.30. The van der Waals surface area contributed by atoms with E-state index in [0.717, 1.165) is 29.9 Å². The lowest BCUT2D eigenvalue weighted by molar-refractivity contribution is 0.101. The molecule has 1 aliphatic carbocycles. The average molecular weight is 352 g/mol. The van der Waals surface area contributed by atoms with Gasteiger partial charge < -0.3 is 0 Å². The van der Waals surface area contributed by atoms with E-state index in [1.54, 1.807) is 16.0 Å². The Labute approximate surface area is 150 Å². The predicted molar refractivity (Wildman–Crippen MR) is 99.7 cm³/mol. The summed E-state index contributed by atoms with van der Waals surface area (Å²) in [5.74, 6) is 0.0795. The summed E-state index contributed by atoms with van der Waals surface area (Å²) in [5.41, 5.74) is 3.45. The SMILES string of the molecule is CC(C)c1cc(C(=O)Nc2nc3c(s2)CCC3)n(-c2ccccc2)n1. The fourth-order valence-corrected chi connectivity index (χ4v) is 4.06. The lowest BCUT2D eigenvalue weighted by Crippen LogP contribution is -2.16. The number of aryl methyl sites for hydroxylation is 2. The zero-order chi connectivity index (χ0) is 17.4. The third kappa shape index (κ3) is 3.09. The Balaban J connectivity index is 1.66. The Morgan fingerprint density at radius 1 is 1.24 bits per heavy atom. The maximum Gasteiger partial charge on any atom is 0.276 e. The molecule has 0 fully saturated rings. The number of hydrogen-bond donors (Lipinski definition) is 1. The highest BCUT2D eigenvalue weighted by Gasteiger charge is 2.21. The Morgan fingerprint density at radius 2 is 2.04 bits per heavy atom. The number of thiazole rings is 1. The second-order valence-corrected chi connectivity index (χ2v) is 7.64. The minimum atomic E-state index is -0.171. The molecule has 128 valence electrons. The van der Waals surface area contributed by atoms with Gasteiger partial charge in [-0.1, -0.05) is 32.0 Å². The van der Waals surface area contributed by atoms with Crippen LogP contribution in [0.1, 0.15) is 52.9 Å². The summed E-state index contributed by atoms with van der Waals surface area (Å²) < 4.78 is 1.71. The topological polar surface area (TPSA) is 59.8 Å². The van der Waals surface area contributed by atoms with Crippen molar-refractivity contribution in [1.82, 2.24) is 14.8 Å². The van der Waals surface area contributed by atoms with Gasteiger partial charge in [0.1, 0.15) is 5.69 Å². The van der Waals surface area contributed by atoms with Crippen molar-refractivity contribution >= 4 is 22.4 Å². The van der Waals surface area contributed by atoms with Gasteiger partial charge in [0, 0.05) is 4.88 Å². The van der Waals surface area contributed by atoms with Crippen molar-refractivity contribution in [2.24, 2.45) is 0 Å². The Kier molecular flexibility index (Phi) is 4.13. The molecule has 0 bridgehead atoms. The molecular formula is C19H20N4OS. The van der Waals surface area contributed by atoms with Crippen LogP contribution in [0.5, 0.6) is 0 Å². The molecule has 0 spiro atoms. The van der Waals surface area contributed by atoms with Gasteiger partial charge in [-0.2, -0.15) is 5.10 Å². The van der Waals surface area contributed by atoms with Gasteiger partial charge in [0.25, 0.3) is 5.91 Å². The van der Waals surface area contributed by atoms with Crippen LogP contribution in [-0.4, -0.2) is 20.7 Å². The van der Waals surface area contributed by atoms with Crippen molar-refractivity contribution in [2.75, 3.05) is 5.32 Å². The smallest absolute Gasteiger partial charge is 0.276 e. The number of para-hydroxylation sites is 1. The molecule has 6 heteroatoms. The monoisotopic (exact) mass is 352 g/mol. The zero-order valence-corrected chi connectivity index (χ0v) is 15.1. The van der Waals surface area contributed by atoms with E-state index in [9.17, 15) is 4.79 Å². The van der Waals surface area contributed by atoms with Gasteiger partial charge in [-0.15, -0.1) is 11.3 Å². The maximum absolute atomic E-state index is 12.9. The number of benzene rings is 1.